The van der Waals surface area contributed by atoms with Gasteiger partial charge in [-0.25, -0.2) is 0 Å². The van der Waals surface area contributed by atoms with E-state index in [4.69, 9.17) is 0 Å². The summed E-state index contributed by atoms with van der Waals surface area (Å²) in [5.41, 5.74) is 3.95. The van der Waals surface area contributed by atoms with E-state index in [0.717, 1.165) is 18.4 Å². The molecule has 0 spiro atoms. The van der Waals surface area contributed by atoms with Crippen LogP contribution in [0.3, 0.4) is 0 Å². The third kappa shape index (κ3) is 2.39. The van der Waals surface area contributed by atoms with Crippen molar-refractivity contribution in [3.8, 4) is 11.8 Å². The second-order valence-corrected chi connectivity index (χ2v) is 5.85. The van der Waals surface area contributed by atoms with Crippen LogP contribution in [0, 0.1) is 11.8 Å². The molecule has 2 aromatic carbocycles. The van der Waals surface area contributed by atoms with Crippen molar-refractivity contribution in [1.29, 1.82) is 0 Å². The van der Waals surface area contributed by atoms with Crippen molar-refractivity contribution in [2.24, 2.45) is 0 Å². The van der Waals surface area contributed by atoms with Gasteiger partial charge in [0.2, 0.25) is 0 Å². The summed E-state index contributed by atoms with van der Waals surface area (Å²) < 4.78 is 0. The van der Waals surface area contributed by atoms with Gasteiger partial charge in [0.05, 0.1) is 5.75 Å². The molecule has 0 unspecified atom stereocenters. The molecule has 0 atom stereocenters. The molecule has 1 aliphatic rings. The van der Waals surface area contributed by atoms with Gasteiger partial charge in [-0.3, -0.25) is 4.79 Å². The molecule has 0 radical (unpaired) electrons. The number of carbonyl (C=O) groups excluding carboxylic acids is 1. The minimum atomic E-state index is 0.120. The topological polar surface area (TPSA) is 17.1 Å². The molecule has 0 bridgehead atoms. The van der Waals surface area contributed by atoms with Gasteiger partial charge in [0.15, 0.2) is 5.12 Å². The van der Waals surface area contributed by atoms with Crippen molar-refractivity contribution in [3.05, 3.63) is 47.0 Å². The van der Waals surface area contributed by atoms with Crippen molar-refractivity contribution in [3.63, 3.8) is 0 Å². The van der Waals surface area contributed by atoms with E-state index in [1.54, 1.807) is 6.92 Å². The second-order valence-electron chi connectivity index (χ2n) is 4.69. The Bertz CT molecular complexity index is 709. The number of thioether (sulfide) groups is 1. The first kappa shape index (κ1) is 12.3. The zero-order chi connectivity index (χ0) is 13.2. The molecule has 0 amide bonds. The maximum atomic E-state index is 10.9. The molecule has 19 heavy (non-hydrogen) atoms. The fourth-order valence-electron chi connectivity index (χ4n) is 2.62. The smallest absolute Gasteiger partial charge is 0.186 e. The summed E-state index contributed by atoms with van der Waals surface area (Å²) in [7, 11) is 0. The Balaban J connectivity index is 1.99. The van der Waals surface area contributed by atoms with Gasteiger partial charge in [0.1, 0.15) is 0 Å². The molecule has 0 saturated carbocycles. The molecule has 0 aliphatic heterocycles. The predicted octanol–water partition coefficient (Wildman–Crippen LogP) is 3.57. The quantitative estimate of drug-likeness (QED) is 0.734. The standard InChI is InChI=1S/C17H14OS/c1-12(18)19-11-3-5-13-7-8-15-10-9-14-4-2-6-16(13)17(14)15/h2,4,6-8H,9-11H2,1H3. The van der Waals surface area contributed by atoms with Crippen LogP contribution < -0.4 is 0 Å². The minimum absolute atomic E-state index is 0.120. The SMILES string of the molecule is CC(=O)SCC#Cc1ccc2c3c(cccc13)CC2. The normalized spacial score (nSPS) is 12.3. The fraction of sp³-hybridized carbons (Fsp3) is 0.235. The summed E-state index contributed by atoms with van der Waals surface area (Å²) in [6.07, 6.45) is 2.29. The Hall–Kier alpha value is -1.72. The van der Waals surface area contributed by atoms with E-state index in [1.165, 1.54) is 33.7 Å². The summed E-state index contributed by atoms with van der Waals surface area (Å²) in [6, 6.07) is 10.8. The highest BCUT2D eigenvalue weighted by Gasteiger charge is 2.14. The van der Waals surface area contributed by atoms with Crippen LogP contribution in [0.5, 0.6) is 0 Å². The van der Waals surface area contributed by atoms with Crippen LogP contribution in [0.1, 0.15) is 23.6 Å². The molecule has 0 fully saturated rings. The van der Waals surface area contributed by atoms with Gasteiger partial charge in [-0.15, -0.1) is 0 Å². The number of benzene rings is 2. The van der Waals surface area contributed by atoms with Gasteiger partial charge in [0.25, 0.3) is 0 Å². The summed E-state index contributed by atoms with van der Waals surface area (Å²) in [4.78, 5) is 10.9. The molecule has 0 heterocycles. The maximum absolute atomic E-state index is 10.9. The summed E-state index contributed by atoms with van der Waals surface area (Å²) >= 11 is 1.26. The number of hydrogen-bond donors (Lipinski definition) is 0. The molecule has 0 aromatic heterocycles. The molecule has 1 aliphatic carbocycles. The molecule has 94 valence electrons. The molecule has 1 nitrogen and oxygen atoms in total. The monoisotopic (exact) mass is 266 g/mol. The lowest BCUT2D eigenvalue weighted by Crippen LogP contribution is -1.85. The van der Waals surface area contributed by atoms with Crippen molar-refractivity contribution in [2.75, 3.05) is 5.75 Å². The molecule has 0 saturated heterocycles. The van der Waals surface area contributed by atoms with E-state index in [2.05, 4.69) is 42.2 Å². The molecular weight excluding hydrogens is 252 g/mol. The van der Waals surface area contributed by atoms with Crippen molar-refractivity contribution < 1.29 is 4.79 Å². The van der Waals surface area contributed by atoms with Crippen molar-refractivity contribution in [2.45, 2.75) is 19.8 Å². The van der Waals surface area contributed by atoms with Crippen LogP contribution in [0.4, 0.5) is 0 Å². The van der Waals surface area contributed by atoms with E-state index in [9.17, 15) is 4.79 Å². The third-order valence-corrected chi connectivity index (χ3v) is 4.14. The Morgan fingerprint density at radius 3 is 2.79 bits per heavy atom. The maximum Gasteiger partial charge on any atom is 0.186 e. The highest BCUT2D eigenvalue weighted by Crippen LogP contribution is 2.32. The van der Waals surface area contributed by atoms with E-state index >= 15 is 0 Å². The highest BCUT2D eigenvalue weighted by atomic mass is 32.2. The first-order valence-electron chi connectivity index (χ1n) is 6.41. The largest absolute Gasteiger partial charge is 0.288 e. The zero-order valence-corrected chi connectivity index (χ0v) is 11.6. The highest BCUT2D eigenvalue weighted by molar-refractivity contribution is 8.13. The van der Waals surface area contributed by atoms with Crippen molar-refractivity contribution >= 4 is 27.6 Å². The Morgan fingerprint density at radius 1 is 1.21 bits per heavy atom. The number of aryl methyl sites for hydroxylation is 2. The van der Waals surface area contributed by atoms with Crippen molar-refractivity contribution in [1.82, 2.24) is 0 Å². The lowest BCUT2D eigenvalue weighted by atomic mass is 10.0. The van der Waals surface area contributed by atoms with E-state index in [1.807, 2.05) is 0 Å². The average Bonchev–Trinajstić information content (AvgIpc) is 2.82. The van der Waals surface area contributed by atoms with Crippen LogP contribution in [-0.4, -0.2) is 10.9 Å². The van der Waals surface area contributed by atoms with E-state index in [-0.39, 0.29) is 5.12 Å². The van der Waals surface area contributed by atoms with Gasteiger partial charge < -0.3 is 0 Å². The minimum Gasteiger partial charge on any atom is -0.288 e. The first-order valence-corrected chi connectivity index (χ1v) is 7.40. The third-order valence-electron chi connectivity index (χ3n) is 3.45. The number of hydrogen-bond acceptors (Lipinski definition) is 2. The van der Waals surface area contributed by atoms with Gasteiger partial charge in [-0.2, -0.15) is 0 Å². The Morgan fingerprint density at radius 2 is 2.00 bits per heavy atom. The molecule has 2 heteroatoms. The van der Waals surface area contributed by atoms with Crippen LogP contribution in [0.25, 0.3) is 10.8 Å². The number of rotatable bonds is 1. The van der Waals surface area contributed by atoms with Gasteiger partial charge in [-0.1, -0.05) is 47.9 Å². The molecule has 0 N–H and O–H groups in total. The second kappa shape index (κ2) is 5.11. The van der Waals surface area contributed by atoms with Gasteiger partial charge >= 0.3 is 0 Å². The average molecular weight is 266 g/mol. The van der Waals surface area contributed by atoms with Gasteiger partial charge in [0, 0.05) is 12.5 Å². The van der Waals surface area contributed by atoms with Crippen LogP contribution in [0.15, 0.2) is 30.3 Å². The summed E-state index contributed by atoms with van der Waals surface area (Å²) in [6.45, 7) is 1.57. The summed E-state index contributed by atoms with van der Waals surface area (Å²) in [5, 5.41) is 2.77. The molecular formula is C17H14OS. The van der Waals surface area contributed by atoms with Crippen LogP contribution in [-0.2, 0) is 17.6 Å². The molecule has 2 aromatic rings. The zero-order valence-electron chi connectivity index (χ0n) is 10.8. The van der Waals surface area contributed by atoms with Crippen LogP contribution in [0.2, 0.25) is 0 Å². The van der Waals surface area contributed by atoms with E-state index in [0.29, 0.717) is 5.75 Å². The van der Waals surface area contributed by atoms with Crippen LogP contribution >= 0.6 is 11.8 Å². The lowest BCUT2D eigenvalue weighted by molar-refractivity contribution is -0.109. The lowest BCUT2D eigenvalue weighted by Gasteiger charge is -2.03. The predicted molar refractivity (Wildman–Crippen MR) is 81.4 cm³/mol. The first-order chi connectivity index (χ1) is 9.25. The number of carbonyl (C=O) groups is 1. The van der Waals surface area contributed by atoms with E-state index < -0.39 is 0 Å². The Kier molecular flexibility index (Phi) is 3.31. The molecule has 3 rings (SSSR count). The summed E-state index contributed by atoms with van der Waals surface area (Å²) in [5.74, 6) is 6.85. The van der Waals surface area contributed by atoms with Gasteiger partial charge in [-0.05, 0) is 40.8 Å². The Labute approximate surface area is 117 Å². The fourth-order valence-corrected chi connectivity index (χ4v) is 2.97.